The van der Waals surface area contributed by atoms with E-state index in [-0.39, 0.29) is 0 Å². The highest BCUT2D eigenvalue weighted by molar-refractivity contribution is 7.14. The first-order chi connectivity index (χ1) is 11.3. The Balaban J connectivity index is 1.56. The number of halogens is 1. The lowest BCUT2D eigenvalue weighted by Crippen LogP contribution is -2.15. The third-order valence-corrected chi connectivity index (χ3v) is 4.45. The minimum Gasteiger partial charge on any atom is -0.486 e. The van der Waals surface area contributed by atoms with Crippen LogP contribution in [0, 0.1) is 0 Å². The van der Waals surface area contributed by atoms with Gasteiger partial charge in [-0.05, 0) is 42.5 Å². The number of hydrogen-bond donors (Lipinski definition) is 1. The molecule has 6 heteroatoms. The Morgan fingerprint density at radius 2 is 1.78 bits per heavy atom. The van der Waals surface area contributed by atoms with Gasteiger partial charge in [0, 0.05) is 21.7 Å². The van der Waals surface area contributed by atoms with Crippen molar-refractivity contribution >= 4 is 33.8 Å². The van der Waals surface area contributed by atoms with Crippen LogP contribution in [-0.4, -0.2) is 18.2 Å². The lowest BCUT2D eigenvalue weighted by molar-refractivity contribution is 0.171. The first-order valence-electron chi connectivity index (χ1n) is 7.16. The minimum atomic E-state index is 0.580. The van der Waals surface area contributed by atoms with Gasteiger partial charge in [0.15, 0.2) is 16.6 Å². The summed E-state index contributed by atoms with van der Waals surface area (Å²) in [5.74, 6) is 1.56. The topological polar surface area (TPSA) is 43.4 Å². The Labute approximate surface area is 142 Å². The summed E-state index contributed by atoms with van der Waals surface area (Å²) in [5.41, 5.74) is 2.87. The van der Waals surface area contributed by atoms with Crippen molar-refractivity contribution in [2.45, 2.75) is 0 Å². The zero-order valence-electron chi connectivity index (χ0n) is 12.1. The molecule has 1 aliphatic heterocycles. The summed E-state index contributed by atoms with van der Waals surface area (Å²) in [6.07, 6.45) is 0. The molecule has 0 fully saturated rings. The van der Waals surface area contributed by atoms with Crippen LogP contribution in [0.3, 0.4) is 0 Å². The lowest BCUT2D eigenvalue weighted by atomic mass is 10.1. The number of ether oxygens (including phenoxy) is 2. The van der Waals surface area contributed by atoms with E-state index in [0.717, 1.165) is 33.6 Å². The molecule has 3 aromatic rings. The van der Waals surface area contributed by atoms with Crippen LogP contribution in [0.2, 0.25) is 5.02 Å². The molecular weight excluding hydrogens is 332 g/mol. The number of nitrogens with zero attached hydrogens (tertiary/aromatic N) is 1. The van der Waals surface area contributed by atoms with Crippen LogP contribution in [0.1, 0.15) is 0 Å². The number of thiazole rings is 1. The Morgan fingerprint density at radius 1 is 1.00 bits per heavy atom. The van der Waals surface area contributed by atoms with Gasteiger partial charge in [-0.25, -0.2) is 4.98 Å². The molecular formula is C17H13ClN2O2S. The fraction of sp³-hybridized carbons (Fsp3) is 0.118. The Morgan fingerprint density at radius 3 is 2.61 bits per heavy atom. The normalized spacial score (nSPS) is 12.9. The molecule has 4 nitrogen and oxygen atoms in total. The van der Waals surface area contributed by atoms with E-state index in [0.29, 0.717) is 18.2 Å². The number of anilines is 2. The van der Waals surface area contributed by atoms with Crippen LogP contribution in [0.5, 0.6) is 11.5 Å². The van der Waals surface area contributed by atoms with Crippen LogP contribution < -0.4 is 14.8 Å². The molecule has 2 aromatic carbocycles. The summed E-state index contributed by atoms with van der Waals surface area (Å²) in [5, 5.41) is 6.84. The molecule has 0 unspecified atom stereocenters. The summed E-state index contributed by atoms with van der Waals surface area (Å²) in [7, 11) is 0. The third-order valence-electron chi connectivity index (χ3n) is 3.44. The van der Waals surface area contributed by atoms with Crippen molar-refractivity contribution in [3.8, 4) is 22.8 Å². The van der Waals surface area contributed by atoms with E-state index in [4.69, 9.17) is 21.1 Å². The molecule has 1 N–H and O–H groups in total. The van der Waals surface area contributed by atoms with E-state index in [1.54, 1.807) is 11.3 Å². The lowest BCUT2D eigenvalue weighted by Gasteiger charge is -2.18. The molecule has 1 aromatic heterocycles. The molecule has 0 aliphatic carbocycles. The highest BCUT2D eigenvalue weighted by atomic mass is 35.5. The number of benzene rings is 2. The largest absolute Gasteiger partial charge is 0.486 e. The summed E-state index contributed by atoms with van der Waals surface area (Å²) < 4.78 is 11.2. The van der Waals surface area contributed by atoms with E-state index in [9.17, 15) is 0 Å². The van der Waals surface area contributed by atoms with Crippen LogP contribution in [0.4, 0.5) is 10.8 Å². The molecule has 0 amide bonds. The van der Waals surface area contributed by atoms with Crippen molar-refractivity contribution in [2.75, 3.05) is 18.5 Å². The fourth-order valence-corrected chi connectivity index (χ4v) is 3.19. The van der Waals surface area contributed by atoms with Gasteiger partial charge >= 0.3 is 0 Å². The fourth-order valence-electron chi connectivity index (χ4n) is 2.32. The van der Waals surface area contributed by atoms with Crippen LogP contribution in [-0.2, 0) is 0 Å². The van der Waals surface area contributed by atoms with E-state index in [1.165, 1.54) is 0 Å². The highest BCUT2D eigenvalue weighted by Gasteiger charge is 2.13. The zero-order valence-corrected chi connectivity index (χ0v) is 13.7. The first-order valence-corrected chi connectivity index (χ1v) is 8.42. The van der Waals surface area contributed by atoms with Crippen molar-refractivity contribution in [2.24, 2.45) is 0 Å². The third kappa shape index (κ3) is 3.11. The second-order valence-corrected chi connectivity index (χ2v) is 6.32. The Hall–Kier alpha value is -2.24. The highest BCUT2D eigenvalue weighted by Crippen LogP contribution is 2.35. The van der Waals surface area contributed by atoms with Crippen molar-refractivity contribution < 1.29 is 9.47 Å². The number of fused-ring (bicyclic) bond motifs is 1. The van der Waals surface area contributed by atoms with Gasteiger partial charge in [-0.2, -0.15) is 0 Å². The number of nitrogens with one attached hydrogen (secondary N) is 1. The second-order valence-electron chi connectivity index (χ2n) is 5.03. The average molecular weight is 345 g/mol. The molecule has 1 aliphatic rings. The van der Waals surface area contributed by atoms with Crippen molar-refractivity contribution in [3.05, 3.63) is 52.9 Å². The van der Waals surface area contributed by atoms with Gasteiger partial charge in [0.2, 0.25) is 0 Å². The van der Waals surface area contributed by atoms with Crippen LogP contribution in [0.15, 0.2) is 47.8 Å². The second kappa shape index (κ2) is 6.10. The van der Waals surface area contributed by atoms with E-state index < -0.39 is 0 Å². The average Bonchev–Trinajstić information content (AvgIpc) is 3.05. The van der Waals surface area contributed by atoms with E-state index in [1.807, 2.05) is 47.8 Å². The maximum Gasteiger partial charge on any atom is 0.187 e. The number of aromatic nitrogens is 1. The SMILES string of the molecule is Clc1ccc(Nc2nc(-c3ccc4c(c3)OCCO4)cs2)cc1. The summed E-state index contributed by atoms with van der Waals surface area (Å²) in [6.45, 7) is 1.18. The van der Waals surface area contributed by atoms with Gasteiger partial charge in [0.25, 0.3) is 0 Å². The molecule has 0 atom stereocenters. The standard InChI is InChI=1S/C17H13ClN2O2S/c18-12-2-4-13(5-3-12)19-17-20-14(10-23-17)11-1-6-15-16(9-11)22-8-7-21-15/h1-6,9-10H,7-8H2,(H,19,20). The quantitative estimate of drug-likeness (QED) is 0.727. The summed E-state index contributed by atoms with van der Waals surface area (Å²) in [6, 6.07) is 13.4. The first kappa shape index (κ1) is 14.4. The maximum atomic E-state index is 5.89. The molecule has 0 saturated heterocycles. The Bertz CT molecular complexity index is 833. The molecule has 2 heterocycles. The minimum absolute atomic E-state index is 0.580. The van der Waals surface area contributed by atoms with Gasteiger partial charge in [0.1, 0.15) is 13.2 Å². The number of rotatable bonds is 3. The van der Waals surface area contributed by atoms with Gasteiger partial charge in [-0.1, -0.05) is 11.6 Å². The maximum absolute atomic E-state index is 5.89. The molecule has 0 saturated carbocycles. The van der Waals surface area contributed by atoms with Crippen LogP contribution >= 0.6 is 22.9 Å². The predicted octanol–water partition coefficient (Wildman–Crippen LogP) is 4.98. The monoisotopic (exact) mass is 344 g/mol. The van der Waals surface area contributed by atoms with Gasteiger partial charge in [-0.15, -0.1) is 11.3 Å². The predicted molar refractivity (Wildman–Crippen MR) is 93.3 cm³/mol. The molecule has 23 heavy (non-hydrogen) atoms. The molecule has 116 valence electrons. The van der Waals surface area contributed by atoms with Gasteiger partial charge in [0.05, 0.1) is 5.69 Å². The molecule has 4 rings (SSSR count). The summed E-state index contributed by atoms with van der Waals surface area (Å²) in [4.78, 5) is 4.63. The van der Waals surface area contributed by atoms with Crippen molar-refractivity contribution in [3.63, 3.8) is 0 Å². The number of hydrogen-bond acceptors (Lipinski definition) is 5. The summed E-state index contributed by atoms with van der Waals surface area (Å²) >= 11 is 7.45. The zero-order chi connectivity index (χ0) is 15.6. The van der Waals surface area contributed by atoms with Gasteiger partial charge in [-0.3, -0.25) is 0 Å². The van der Waals surface area contributed by atoms with Crippen molar-refractivity contribution in [1.29, 1.82) is 0 Å². The van der Waals surface area contributed by atoms with Crippen molar-refractivity contribution in [1.82, 2.24) is 4.98 Å². The van der Waals surface area contributed by atoms with E-state index >= 15 is 0 Å². The van der Waals surface area contributed by atoms with Crippen LogP contribution in [0.25, 0.3) is 11.3 Å². The van der Waals surface area contributed by atoms with E-state index in [2.05, 4.69) is 10.3 Å². The molecule has 0 spiro atoms. The Kier molecular flexibility index (Phi) is 3.81. The molecule has 0 bridgehead atoms. The smallest absolute Gasteiger partial charge is 0.187 e. The molecule has 0 radical (unpaired) electrons. The van der Waals surface area contributed by atoms with Gasteiger partial charge < -0.3 is 14.8 Å².